The number of hydrogen-bond acceptors (Lipinski definition) is 4. The molecule has 1 aromatic carbocycles. The van der Waals surface area contributed by atoms with Crippen molar-refractivity contribution >= 4 is 44.9 Å². The molecular weight excluding hydrogens is 340 g/mol. The Morgan fingerprint density at radius 2 is 1.95 bits per heavy atom. The first-order valence-electron chi connectivity index (χ1n) is 6.40. The zero-order valence-electron chi connectivity index (χ0n) is 11.4. The normalized spacial score (nSPS) is 10.4. The number of benzene rings is 1. The fourth-order valence-electron chi connectivity index (χ4n) is 1.70. The Morgan fingerprint density at radius 3 is 2.65 bits per heavy atom. The second-order valence-electron chi connectivity index (χ2n) is 4.37. The summed E-state index contributed by atoms with van der Waals surface area (Å²) in [6, 6.07) is 7.57. The molecule has 0 bridgehead atoms. The maximum absolute atomic E-state index is 6.08. The van der Waals surface area contributed by atoms with Crippen molar-refractivity contribution in [1.82, 2.24) is 9.97 Å². The van der Waals surface area contributed by atoms with Crippen LogP contribution in [0, 0.1) is 6.92 Å². The second-order valence-corrected chi connectivity index (χ2v) is 5.63. The molecule has 4 nitrogen and oxygen atoms in total. The van der Waals surface area contributed by atoms with E-state index in [2.05, 4.69) is 43.5 Å². The Kier molecular flexibility index (Phi) is 5.20. The van der Waals surface area contributed by atoms with Gasteiger partial charge in [0.1, 0.15) is 17.5 Å². The molecule has 20 heavy (non-hydrogen) atoms. The van der Waals surface area contributed by atoms with Crippen LogP contribution in [0.15, 0.2) is 28.7 Å². The van der Waals surface area contributed by atoms with Crippen molar-refractivity contribution in [2.75, 3.05) is 17.2 Å². The lowest BCUT2D eigenvalue weighted by molar-refractivity contribution is 0.955. The average molecular weight is 356 g/mol. The summed E-state index contributed by atoms with van der Waals surface area (Å²) in [7, 11) is 0. The summed E-state index contributed by atoms with van der Waals surface area (Å²) >= 11 is 9.45. The number of nitrogens with one attached hydrogen (secondary N) is 2. The Hall–Kier alpha value is -1.33. The second kappa shape index (κ2) is 6.90. The fourth-order valence-corrected chi connectivity index (χ4v) is 2.12. The molecule has 1 heterocycles. The van der Waals surface area contributed by atoms with E-state index in [1.165, 1.54) is 0 Å². The third kappa shape index (κ3) is 4.08. The van der Waals surface area contributed by atoms with E-state index in [1.807, 2.05) is 31.2 Å². The highest BCUT2D eigenvalue weighted by molar-refractivity contribution is 9.10. The van der Waals surface area contributed by atoms with E-state index in [9.17, 15) is 0 Å². The predicted octanol–water partition coefficient (Wildman–Crippen LogP) is 4.77. The number of halogens is 2. The monoisotopic (exact) mass is 354 g/mol. The van der Waals surface area contributed by atoms with E-state index >= 15 is 0 Å². The lowest BCUT2D eigenvalue weighted by Crippen LogP contribution is -2.05. The highest BCUT2D eigenvalue weighted by atomic mass is 79.9. The topological polar surface area (TPSA) is 49.8 Å². The van der Waals surface area contributed by atoms with Crippen molar-refractivity contribution in [2.45, 2.75) is 20.3 Å². The lowest BCUT2D eigenvalue weighted by atomic mass is 10.3. The van der Waals surface area contributed by atoms with Crippen LogP contribution in [-0.2, 0) is 0 Å². The summed E-state index contributed by atoms with van der Waals surface area (Å²) in [4.78, 5) is 8.72. The molecule has 2 N–H and O–H groups in total. The van der Waals surface area contributed by atoms with Crippen LogP contribution in [0.1, 0.15) is 19.2 Å². The van der Waals surface area contributed by atoms with Crippen LogP contribution in [0.3, 0.4) is 0 Å². The van der Waals surface area contributed by atoms with Crippen LogP contribution in [0.5, 0.6) is 0 Å². The molecule has 0 saturated carbocycles. The van der Waals surface area contributed by atoms with Gasteiger partial charge in [0.2, 0.25) is 0 Å². The highest BCUT2D eigenvalue weighted by Crippen LogP contribution is 2.27. The first kappa shape index (κ1) is 15.1. The number of aromatic nitrogens is 2. The SMILES string of the molecule is CCCNc1cc(Nc2ccc(Br)c(Cl)c2)nc(C)n1. The summed E-state index contributed by atoms with van der Waals surface area (Å²) in [6.45, 7) is 4.88. The van der Waals surface area contributed by atoms with Gasteiger partial charge in [-0.15, -0.1) is 0 Å². The fraction of sp³-hybridized carbons (Fsp3) is 0.286. The molecule has 0 radical (unpaired) electrons. The summed E-state index contributed by atoms with van der Waals surface area (Å²) in [5.41, 5.74) is 0.887. The zero-order valence-corrected chi connectivity index (χ0v) is 13.7. The van der Waals surface area contributed by atoms with E-state index in [0.29, 0.717) is 5.02 Å². The minimum absolute atomic E-state index is 0.658. The van der Waals surface area contributed by atoms with Gasteiger partial charge in [-0.25, -0.2) is 9.97 Å². The van der Waals surface area contributed by atoms with E-state index < -0.39 is 0 Å². The number of rotatable bonds is 5. The molecule has 0 aliphatic carbocycles. The molecule has 0 unspecified atom stereocenters. The summed E-state index contributed by atoms with van der Waals surface area (Å²) in [6.07, 6.45) is 1.05. The van der Waals surface area contributed by atoms with Gasteiger partial charge < -0.3 is 10.6 Å². The van der Waals surface area contributed by atoms with Crippen LogP contribution in [0.25, 0.3) is 0 Å². The number of nitrogens with zero attached hydrogens (tertiary/aromatic N) is 2. The maximum Gasteiger partial charge on any atom is 0.136 e. The Bertz CT molecular complexity index is 604. The van der Waals surface area contributed by atoms with Crippen LogP contribution >= 0.6 is 27.5 Å². The van der Waals surface area contributed by atoms with E-state index in [4.69, 9.17) is 11.6 Å². The third-order valence-corrected chi connectivity index (χ3v) is 3.82. The minimum Gasteiger partial charge on any atom is -0.370 e. The van der Waals surface area contributed by atoms with E-state index in [0.717, 1.165) is 40.6 Å². The van der Waals surface area contributed by atoms with Gasteiger partial charge >= 0.3 is 0 Å². The number of aryl methyl sites for hydroxylation is 1. The molecule has 0 spiro atoms. The minimum atomic E-state index is 0.658. The van der Waals surface area contributed by atoms with Crippen molar-refractivity contribution in [1.29, 1.82) is 0 Å². The first-order chi connectivity index (χ1) is 9.58. The van der Waals surface area contributed by atoms with Gasteiger partial charge in [0.15, 0.2) is 0 Å². The van der Waals surface area contributed by atoms with Gasteiger partial charge in [-0.05, 0) is 47.5 Å². The Balaban J connectivity index is 2.19. The quantitative estimate of drug-likeness (QED) is 0.811. The van der Waals surface area contributed by atoms with E-state index in [-0.39, 0.29) is 0 Å². The number of hydrogen-bond donors (Lipinski definition) is 2. The van der Waals surface area contributed by atoms with Crippen LogP contribution in [0.2, 0.25) is 5.02 Å². The lowest BCUT2D eigenvalue weighted by Gasteiger charge is -2.10. The number of anilines is 3. The molecule has 0 aliphatic rings. The largest absolute Gasteiger partial charge is 0.370 e. The average Bonchev–Trinajstić information content (AvgIpc) is 2.40. The van der Waals surface area contributed by atoms with E-state index in [1.54, 1.807) is 0 Å². The maximum atomic E-state index is 6.08. The third-order valence-electron chi connectivity index (χ3n) is 2.59. The first-order valence-corrected chi connectivity index (χ1v) is 7.57. The molecule has 6 heteroatoms. The molecule has 0 atom stereocenters. The highest BCUT2D eigenvalue weighted by Gasteiger charge is 2.04. The van der Waals surface area contributed by atoms with Gasteiger partial charge in [-0.3, -0.25) is 0 Å². The van der Waals surface area contributed by atoms with Crippen LogP contribution < -0.4 is 10.6 Å². The van der Waals surface area contributed by atoms with Gasteiger partial charge in [-0.2, -0.15) is 0 Å². The van der Waals surface area contributed by atoms with Gasteiger partial charge in [0.05, 0.1) is 5.02 Å². The molecule has 0 fully saturated rings. The van der Waals surface area contributed by atoms with Crippen molar-refractivity contribution in [2.24, 2.45) is 0 Å². The van der Waals surface area contributed by atoms with Gasteiger partial charge in [0, 0.05) is 22.8 Å². The molecule has 0 aliphatic heterocycles. The Morgan fingerprint density at radius 1 is 1.20 bits per heavy atom. The molecule has 2 rings (SSSR count). The van der Waals surface area contributed by atoms with Crippen molar-refractivity contribution in [3.63, 3.8) is 0 Å². The van der Waals surface area contributed by atoms with Gasteiger partial charge in [0.25, 0.3) is 0 Å². The van der Waals surface area contributed by atoms with Crippen molar-refractivity contribution in [3.8, 4) is 0 Å². The van der Waals surface area contributed by atoms with Crippen LogP contribution in [-0.4, -0.2) is 16.5 Å². The van der Waals surface area contributed by atoms with Crippen molar-refractivity contribution in [3.05, 3.63) is 39.6 Å². The molecule has 1 aromatic heterocycles. The molecule has 106 valence electrons. The molecular formula is C14H16BrClN4. The van der Waals surface area contributed by atoms with Crippen molar-refractivity contribution < 1.29 is 0 Å². The smallest absolute Gasteiger partial charge is 0.136 e. The molecule has 0 amide bonds. The summed E-state index contributed by atoms with van der Waals surface area (Å²) < 4.78 is 0.869. The molecule has 2 aromatic rings. The standard InChI is InChI=1S/C14H16BrClN4/c1-3-6-17-13-8-14(19-9(2)18-13)20-10-4-5-11(15)12(16)7-10/h4-5,7-8H,3,6H2,1-2H3,(H2,17,18,19,20). The summed E-state index contributed by atoms with van der Waals surface area (Å²) in [5, 5.41) is 7.15. The van der Waals surface area contributed by atoms with Gasteiger partial charge in [-0.1, -0.05) is 18.5 Å². The molecule has 0 saturated heterocycles. The predicted molar refractivity (Wildman–Crippen MR) is 88.0 cm³/mol. The van der Waals surface area contributed by atoms with Crippen LogP contribution in [0.4, 0.5) is 17.3 Å². The Labute approximate surface area is 132 Å². The zero-order chi connectivity index (χ0) is 14.5. The summed E-state index contributed by atoms with van der Waals surface area (Å²) in [5.74, 6) is 2.29.